The van der Waals surface area contributed by atoms with Crippen LogP contribution in [0.5, 0.6) is 5.75 Å². The second kappa shape index (κ2) is 5.62. The van der Waals surface area contributed by atoms with E-state index >= 15 is 0 Å². The molecule has 0 unspecified atom stereocenters. The first-order chi connectivity index (χ1) is 9.13. The molecule has 0 N–H and O–H groups in total. The van der Waals surface area contributed by atoms with Crippen LogP contribution in [0.4, 0.5) is 5.69 Å². The summed E-state index contributed by atoms with van der Waals surface area (Å²) < 4.78 is 5.35. The second-order valence-corrected chi connectivity index (χ2v) is 3.94. The van der Waals surface area contributed by atoms with E-state index in [0.717, 1.165) is 0 Å². The topological polar surface area (TPSA) is 78.2 Å². The molecule has 0 aliphatic heterocycles. The summed E-state index contributed by atoms with van der Waals surface area (Å²) in [7, 11) is 0. The number of hydrogen-bond donors (Lipinski definition) is 0. The smallest absolute Gasteiger partial charge is 0.332 e. The monoisotopic (exact) mass is 279 g/mol. The fraction of sp³-hybridized carbons (Fsp3) is 0.167. The number of nitrogens with zero attached hydrogens (tertiary/aromatic N) is 3. The van der Waals surface area contributed by atoms with Gasteiger partial charge in [0.25, 0.3) is 0 Å². The number of ether oxygens (including phenoxy) is 1. The maximum Gasteiger partial charge on any atom is 0.332 e. The van der Waals surface area contributed by atoms with Crippen LogP contribution in [0.15, 0.2) is 30.6 Å². The van der Waals surface area contributed by atoms with Gasteiger partial charge in [0.2, 0.25) is 5.15 Å². The number of hydrogen-bond acceptors (Lipinski definition) is 5. The molecule has 0 fully saturated rings. The summed E-state index contributed by atoms with van der Waals surface area (Å²) in [5.41, 5.74) is 0.423. The van der Waals surface area contributed by atoms with Crippen molar-refractivity contribution < 1.29 is 9.66 Å². The number of nitro groups is 1. The predicted molar refractivity (Wildman–Crippen MR) is 70.3 cm³/mol. The fourth-order valence-corrected chi connectivity index (χ4v) is 1.83. The van der Waals surface area contributed by atoms with Crippen LogP contribution in [0.25, 0.3) is 11.3 Å². The number of halogens is 1. The molecule has 0 bridgehead atoms. The largest absolute Gasteiger partial charge is 0.494 e. The van der Waals surface area contributed by atoms with Crippen molar-refractivity contribution in [2.75, 3.05) is 6.61 Å². The molecule has 98 valence electrons. The summed E-state index contributed by atoms with van der Waals surface area (Å²) in [4.78, 5) is 18.0. The number of benzene rings is 1. The van der Waals surface area contributed by atoms with Crippen LogP contribution in [-0.4, -0.2) is 21.5 Å². The zero-order chi connectivity index (χ0) is 13.8. The zero-order valence-electron chi connectivity index (χ0n) is 10.0. The van der Waals surface area contributed by atoms with Crippen molar-refractivity contribution in [3.8, 4) is 17.0 Å². The summed E-state index contributed by atoms with van der Waals surface area (Å²) >= 11 is 5.75. The molecule has 2 aromatic rings. The van der Waals surface area contributed by atoms with E-state index in [1.165, 1.54) is 6.33 Å². The van der Waals surface area contributed by atoms with Gasteiger partial charge in [0.1, 0.15) is 12.1 Å². The molecule has 0 atom stereocenters. The van der Waals surface area contributed by atoms with E-state index in [0.29, 0.717) is 17.9 Å². The Morgan fingerprint density at radius 3 is 2.89 bits per heavy atom. The van der Waals surface area contributed by atoms with Crippen LogP contribution in [0.1, 0.15) is 6.92 Å². The highest BCUT2D eigenvalue weighted by atomic mass is 35.5. The molecule has 6 nitrogen and oxygen atoms in total. The molecule has 1 heterocycles. The van der Waals surface area contributed by atoms with E-state index in [9.17, 15) is 10.1 Å². The Labute approximate surface area is 114 Å². The van der Waals surface area contributed by atoms with E-state index in [1.54, 1.807) is 24.3 Å². The normalized spacial score (nSPS) is 10.2. The summed E-state index contributed by atoms with van der Waals surface area (Å²) in [6.07, 6.45) is 1.19. The van der Waals surface area contributed by atoms with Gasteiger partial charge in [-0.05, 0) is 19.1 Å². The summed E-state index contributed by atoms with van der Waals surface area (Å²) in [5, 5.41) is 10.9. The van der Waals surface area contributed by atoms with Crippen molar-refractivity contribution >= 4 is 17.3 Å². The average Bonchev–Trinajstić information content (AvgIpc) is 2.38. The van der Waals surface area contributed by atoms with Gasteiger partial charge >= 0.3 is 5.69 Å². The van der Waals surface area contributed by atoms with Gasteiger partial charge in [-0.2, -0.15) is 0 Å². The lowest BCUT2D eigenvalue weighted by molar-refractivity contribution is -0.384. The molecule has 0 amide bonds. The molecule has 0 saturated carbocycles. The SMILES string of the molecule is CCOc1cccc(-c2ncnc(Cl)c2[N+](=O)[O-])c1. The highest BCUT2D eigenvalue weighted by Gasteiger charge is 2.22. The van der Waals surface area contributed by atoms with Gasteiger partial charge < -0.3 is 4.74 Å². The molecule has 0 aliphatic carbocycles. The van der Waals surface area contributed by atoms with Gasteiger partial charge in [0.15, 0.2) is 5.69 Å². The standard InChI is InChI=1S/C12H10ClN3O3/c1-2-19-9-5-3-4-8(6-9)10-11(16(17)18)12(13)15-7-14-10/h3-7H,2H2,1H3. The van der Waals surface area contributed by atoms with Crippen molar-refractivity contribution in [3.05, 3.63) is 45.9 Å². The third kappa shape index (κ3) is 2.79. The molecule has 19 heavy (non-hydrogen) atoms. The number of rotatable bonds is 4. The predicted octanol–water partition coefficient (Wildman–Crippen LogP) is 3.10. The second-order valence-electron chi connectivity index (χ2n) is 3.58. The summed E-state index contributed by atoms with van der Waals surface area (Å²) in [5.74, 6) is 0.615. The van der Waals surface area contributed by atoms with Crippen molar-refractivity contribution in [1.82, 2.24) is 9.97 Å². The average molecular weight is 280 g/mol. The molecule has 2 rings (SSSR count). The molecule has 0 radical (unpaired) electrons. The summed E-state index contributed by atoms with van der Waals surface area (Å²) in [6.45, 7) is 2.37. The van der Waals surface area contributed by atoms with Crippen LogP contribution in [0.3, 0.4) is 0 Å². The molecule has 1 aromatic heterocycles. The highest BCUT2D eigenvalue weighted by molar-refractivity contribution is 6.31. The van der Waals surface area contributed by atoms with Gasteiger partial charge in [0.05, 0.1) is 11.5 Å². The Bertz CT molecular complexity index is 619. The van der Waals surface area contributed by atoms with Crippen LogP contribution >= 0.6 is 11.6 Å². The van der Waals surface area contributed by atoms with Gasteiger partial charge in [0, 0.05) is 5.56 Å². The van der Waals surface area contributed by atoms with Gasteiger partial charge in [-0.3, -0.25) is 10.1 Å². The minimum atomic E-state index is -0.592. The Balaban J connectivity index is 2.55. The Morgan fingerprint density at radius 2 is 2.21 bits per heavy atom. The summed E-state index contributed by atoms with van der Waals surface area (Å²) in [6, 6.07) is 6.88. The van der Waals surface area contributed by atoms with E-state index in [4.69, 9.17) is 16.3 Å². The van der Waals surface area contributed by atoms with Crippen LogP contribution in [0, 0.1) is 10.1 Å². The first kappa shape index (κ1) is 13.2. The van der Waals surface area contributed by atoms with E-state index in [2.05, 4.69) is 9.97 Å². The van der Waals surface area contributed by atoms with Crippen molar-refractivity contribution in [2.24, 2.45) is 0 Å². The Hall–Kier alpha value is -2.21. The van der Waals surface area contributed by atoms with Crippen LogP contribution < -0.4 is 4.74 Å². The molecular formula is C12H10ClN3O3. The van der Waals surface area contributed by atoms with Crippen molar-refractivity contribution in [3.63, 3.8) is 0 Å². The molecular weight excluding hydrogens is 270 g/mol. The minimum absolute atomic E-state index is 0.173. The lowest BCUT2D eigenvalue weighted by Gasteiger charge is -2.06. The molecule has 0 saturated heterocycles. The third-order valence-corrected chi connectivity index (χ3v) is 2.66. The molecule has 7 heteroatoms. The van der Waals surface area contributed by atoms with Gasteiger partial charge in [-0.15, -0.1) is 0 Å². The molecule has 0 aliphatic rings. The lowest BCUT2D eigenvalue weighted by atomic mass is 10.1. The number of aromatic nitrogens is 2. The molecule has 1 aromatic carbocycles. The van der Waals surface area contributed by atoms with Crippen molar-refractivity contribution in [1.29, 1.82) is 0 Å². The van der Waals surface area contributed by atoms with E-state index < -0.39 is 4.92 Å². The Kier molecular flexibility index (Phi) is 3.91. The van der Waals surface area contributed by atoms with Gasteiger partial charge in [-0.1, -0.05) is 23.7 Å². The van der Waals surface area contributed by atoms with Crippen LogP contribution in [-0.2, 0) is 0 Å². The van der Waals surface area contributed by atoms with E-state index in [-0.39, 0.29) is 16.5 Å². The fourth-order valence-electron chi connectivity index (χ4n) is 1.63. The van der Waals surface area contributed by atoms with Crippen molar-refractivity contribution in [2.45, 2.75) is 6.92 Å². The lowest BCUT2D eigenvalue weighted by Crippen LogP contribution is -1.98. The van der Waals surface area contributed by atoms with E-state index in [1.807, 2.05) is 6.92 Å². The maximum atomic E-state index is 11.0. The quantitative estimate of drug-likeness (QED) is 0.488. The first-order valence-electron chi connectivity index (χ1n) is 5.51. The Morgan fingerprint density at radius 1 is 1.42 bits per heavy atom. The highest BCUT2D eigenvalue weighted by Crippen LogP contribution is 2.33. The zero-order valence-corrected chi connectivity index (χ0v) is 10.8. The minimum Gasteiger partial charge on any atom is -0.494 e. The molecule has 0 spiro atoms. The third-order valence-electron chi connectivity index (χ3n) is 2.38. The van der Waals surface area contributed by atoms with Crippen LogP contribution in [0.2, 0.25) is 5.15 Å². The maximum absolute atomic E-state index is 11.0. The van der Waals surface area contributed by atoms with Gasteiger partial charge in [-0.25, -0.2) is 9.97 Å². The first-order valence-corrected chi connectivity index (χ1v) is 5.89.